The molecule has 0 aromatic heterocycles. The molecule has 3 rings (SSSR count). The van der Waals surface area contributed by atoms with E-state index in [2.05, 4.69) is 12.2 Å². The maximum absolute atomic E-state index is 9.17. The Morgan fingerprint density at radius 2 is 1.33 bits per heavy atom. The Bertz CT molecular complexity index is 168. The molecule has 0 aromatic carbocycles. The van der Waals surface area contributed by atoms with Gasteiger partial charge in [0.2, 0.25) is 0 Å². The minimum absolute atomic E-state index is 0.233. The largest absolute Gasteiger partial charge is 0.396 e. The number of aliphatic hydroxyl groups excluding tert-OH is 2. The SMILES string of the molecule is OC[C@@H]1[C@H](CO)[C@H]2C=C[C@@H]1CC2. The second-order valence-electron chi connectivity index (χ2n) is 3.98. The van der Waals surface area contributed by atoms with Gasteiger partial charge in [0.05, 0.1) is 0 Å². The lowest BCUT2D eigenvalue weighted by Gasteiger charge is -2.43. The van der Waals surface area contributed by atoms with Gasteiger partial charge in [0, 0.05) is 13.2 Å². The molecule has 2 N–H and O–H groups in total. The Kier molecular flexibility index (Phi) is 2.20. The Balaban J connectivity index is 2.18. The highest BCUT2D eigenvalue weighted by atomic mass is 16.3. The summed E-state index contributed by atoms with van der Waals surface area (Å²) >= 11 is 0. The quantitative estimate of drug-likeness (QED) is 0.599. The molecule has 0 spiro atoms. The molecule has 0 aromatic rings. The number of hydrogen-bond donors (Lipinski definition) is 2. The van der Waals surface area contributed by atoms with E-state index in [0.717, 1.165) is 0 Å². The fourth-order valence-electron chi connectivity index (χ4n) is 2.75. The zero-order valence-corrected chi connectivity index (χ0v) is 7.19. The van der Waals surface area contributed by atoms with Gasteiger partial charge in [-0.2, -0.15) is 0 Å². The summed E-state index contributed by atoms with van der Waals surface area (Å²) < 4.78 is 0. The van der Waals surface area contributed by atoms with Crippen LogP contribution in [-0.2, 0) is 0 Å². The van der Waals surface area contributed by atoms with E-state index < -0.39 is 0 Å². The summed E-state index contributed by atoms with van der Waals surface area (Å²) in [5.41, 5.74) is 0. The number of rotatable bonds is 2. The summed E-state index contributed by atoms with van der Waals surface area (Å²) in [5.74, 6) is 1.69. The molecular weight excluding hydrogens is 152 g/mol. The second kappa shape index (κ2) is 3.19. The lowest BCUT2D eigenvalue weighted by molar-refractivity contribution is 0.0266. The summed E-state index contributed by atoms with van der Waals surface area (Å²) in [7, 11) is 0. The smallest absolute Gasteiger partial charge is 0.0468 e. The van der Waals surface area contributed by atoms with E-state index in [-0.39, 0.29) is 13.2 Å². The molecule has 1 fully saturated rings. The average molecular weight is 168 g/mol. The molecule has 0 radical (unpaired) electrons. The molecule has 12 heavy (non-hydrogen) atoms. The fraction of sp³-hybridized carbons (Fsp3) is 0.800. The predicted molar refractivity (Wildman–Crippen MR) is 46.5 cm³/mol. The summed E-state index contributed by atoms with van der Waals surface area (Å²) in [5, 5.41) is 18.3. The van der Waals surface area contributed by atoms with Gasteiger partial charge in [0.25, 0.3) is 0 Å². The molecular formula is C10H16O2. The third-order valence-electron chi connectivity index (χ3n) is 3.51. The first-order chi connectivity index (χ1) is 5.86. The van der Waals surface area contributed by atoms with E-state index in [0.29, 0.717) is 23.7 Å². The summed E-state index contributed by atoms with van der Waals surface area (Å²) in [6, 6.07) is 0. The molecule has 3 aliphatic carbocycles. The van der Waals surface area contributed by atoms with Crippen molar-refractivity contribution in [1.29, 1.82) is 0 Å². The molecule has 0 heterocycles. The zero-order valence-electron chi connectivity index (χ0n) is 7.19. The Labute approximate surface area is 72.9 Å². The number of aliphatic hydroxyl groups is 2. The van der Waals surface area contributed by atoms with Crippen LogP contribution in [0, 0.1) is 23.7 Å². The number of hydrogen-bond acceptors (Lipinski definition) is 2. The average Bonchev–Trinajstić information content (AvgIpc) is 2.18. The van der Waals surface area contributed by atoms with Crippen LogP contribution in [0.1, 0.15) is 12.8 Å². The lowest BCUT2D eigenvalue weighted by atomic mass is 9.63. The van der Waals surface area contributed by atoms with Crippen LogP contribution >= 0.6 is 0 Å². The first-order valence-electron chi connectivity index (χ1n) is 4.77. The first kappa shape index (κ1) is 8.27. The third-order valence-corrected chi connectivity index (χ3v) is 3.51. The standard InChI is InChI=1S/C10H16O2/c11-5-9-7-1-2-8(4-3-7)10(9)6-12/h1-2,7-12H,3-6H2/t7-,8+,9+,10-. The van der Waals surface area contributed by atoms with Crippen LogP contribution in [-0.4, -0.2) is 23.4 Å². The van der Waals surface area contributed by atoms with Crippen molar-refractivity contribution in [2.75, 3.05) is 13.2 Å². The minimum Gasteiger partial charge on any atom is -0.396 e. The topological polar surface area (TPSA) is 40.5 Å². The highest BCUT2D eigenvalue weighted by Gasteiger charge is 2.39. The van der Waals surface area contributed by atoms with Crippen molar-refractivity contribution in [2.45, 2.75) is 12.8 Å². The highest BCUT2D eigenvalue weighted by Crippen LogP contribution is 2.44. The van der Waals surface area contributed by atoms with Gasteiger partial charge in [-0.05, 0) is 36.5 Å². The monoisotopic (exact) mass is 168 g/mol. The van der Waals surface area contributed by atoms with Gasteiger partial charge >= 0.3 is 0 Å². The summed E-state index contributed by atoms with van der Waals surface area (Å²) in [6.07, 6.45) is 6.84. The van der Waals surface area contributed by atoms with Crippen LogP contribution in [0.5, 0.6) is 0 Å². The molecule has 3 aliphatic rings. The lowest BCUT2D eigenvalue weighted by Crippen LogP contribution is -2.40. The molecule has 0 unspecified atom stereocenters. The van der Waals surface area contributed by atoms with E-state index in [1.807, 2.05) is 0 Å². The summed E-state index contributed by atoms with van der Waals surface area (Å²) in [4.78, 5) is 0. The number of allylic oxidation sites excluding steroid dienone is 2. The van der Waals surface area contributed by atoms with Crippen molar-refractivity contribution in [2.24, 2.45) is 23.7 Å². The first-order valence-corrected chi connectivity index (χ1v) is 4.77. The molecule has 0 amide bonds. The van der Waals surface area contributed by atoms with Crippen LogP contribution in [0.3, 0.4) is 0 Å². The van der Waals surface area contributed by atoms with E-state index in [9.17, 15) is 0 Å². The zero-order chi connectivity index (χ0) is 8.55. The van der Waals surface area contributed by atoms with Crippen molar-refractivity contribution in [3.8, 4) is 0 Å². The van der Waals surface area contributed by atoms with Crippen molar-refractivity contribution in [3.63, 3.8) is 0 Å². The Morgan fingerprint density at radius 3 is 1.58 bits per heavy atom. The Hall–Kier alpha value is -0.340. The van der Waals surface area contributed by atoms with Gasteiger partial charge in [-0.25, -0.2) is 0 Å². The minimum atomic E-state index is 0.233. The molecule has 4 atom stereocenters. The van der Waals surface area contributed by atoms with Gasteiger partial charge < -0.3 is 10.2 Å². The predicted octanol–water partition coefficient (Wildman–Crippen LogP) is 0.799. The summed E-state index contributed by atoms with van der Waals surface area (Å²) in [6.45, 7) is 0.466. The van der Waals surface area contributed by atoms with Gasteiger partial charge in [-0.1, -0.05) is 12.2 Å². The molecule has 0 aliphatic heterocycles. The molecule has 1 saturated carbocycles. The fourth-order valence-corrected chi connectivity index (χ4v) is 2.75. The van der Waals surface area contributed by atoms with Crippen LogP contribution in [0.2, 0.25) is 0 Å². The van der Waals surface area contributed by atoms with Crippen LogP contribution in [0.4, 0.5) is 0 Å². The van der Waals surface area contributed by atoms with Crippen molar-refractivity contribution in [3.05, 3.63) is 12.2 Å². The van der Waals surface area contributed by atoms with Crippen molar-refractivity contribution in [1.82, 2.24) is 0 Å². The van der Waals surface area contributed by atoms with E-state index in [1.165, 1.54) is 12.8 Å². The second-order valence-corrected chi connectivity index (χ2v) is 3.98. The van der Waals surface area contributed by atoms with Gasteiger partial charge in [-0.3, -0.25) is 0 Å². The van der Waals surface area contributed by atoms with E-state index >= 15 is 0 Å². The van der Waals surface area contributed by atoms with Crippen molar-refractivity contribution >= 4 is 0 Å². The van der Waals surface area contributed by atoms with Crippen LogP contribution in [0.25, 0.3) is 0 Å². The number of fused-ring (bicyclic) bond motifs is 2. The highest BCUT2D eigenvalue weighted by molar-refractivity contribution is 5.09. The molecule has 2 bridgehead atoms. The van der Waals surface area contributed by atoms with Crippen LogP contribution in [0.15, 0.2) is 12.2 Å². The normalized spacial score (nSPS) is 45.2. The third kappa shape index (κ3) is 1.10. The maximum atomic E-state index is 9.17. The van der Waals surface area contributed by atoms with E-state index in [4.69, 9.17) is 10.2 Å². The molecule has 2 heteroatoms. The Morgan fingerprint density at radius 1 is 0.917 bits per heavy atom. The molecule has 2 nitrogen and oxygen atoms in total. The molecule has 68 valence electrons. The van der Waals surface area contributed by atoms with Gasteiger partial charge in [-0.15, -0.1) is 0 Å². The molecule has 0 saturated heterocycles. The van der Waals surface area contributed by atoms with Crippen molar-refractivity contribution < 1.29 is 10.2 Å². The van der Waals surface area contributed by atoms with E-state index in [1.54, 1.807) is 0 Å². The van der Waals surface area contributed by atoms with Gasteiger partial charge in [0.1, 0.15) is 0 Å². The van der Waals surface area contributed by atoms with Crippen LogP contribution < -0.4 is 0 Å². The maximum Gasteiger partial charge on any atom is 0.0468 e. The van der Waals surface area contributed by atoms with Gasteiger partial charge in [0.15, 0.2) is 0 Å².